The lowest BCUT2D eigenvalue weighted by Gasteiger charge is -2.13. The van der Waals surface area contributed by atoms with Gasteiger partial charge in [0.25, 0.3) is 0 Å². The number of benzene rings is 2. The van der Waals surface area contributed by atoms with Crippen LogP contribution in [0.5, 0.6) is 0 Å². The summed E-state index contributed by atoms with van der Waals surface area (Å²) in [5.74, 6) is 0. The van der Waals surface area contributed by atoms with Crippen LogP contribution in [0.15, 0.2) is 48.7 Å². The monoisotopic (exact) mass is 276 g/mol. The second-order valence-electron chi connectivity index (χ2n) is 5.60. The molecule has 3 aromatic rings. The summed E-state index contributed by atoms with van der Waals surface area (Å²) in [5.41, 5.74) is 7.48. The van der Waals surface area contributed by atoms with E-state index in [1.165, 1.54) is 27.6 Å². The summed E-state index contributed by atoms with van der Waals surface area (Å²) in [7, 11) is 0. The van der Waals surface area contributed by atoms with Gasteiger partial charge < -0.3 is 5.32 Å². The van der Waals surface area contributed by atoms with Crippen LogP contribution in [-0.4, -0.2) is 4.98 Å². The lowest BCUT2D eigenvalue weighted by molar-refractivity contribution is 1.10. The molecule has 106 valence electrons. The van der Waals surface area contributed by atoms with Crippen LogP contribution >= 0.6 is 0 Å². The van der Waals surface area contributed by atoms with Gasteiger partial charge in [-0.15, -0.1) is 0 Å². The fourth-order valence-corrected chi connectivity index (χ4v) is 2.65. The van der Waals surface area contributed by atoms with Crippen LogP contribution in [0.1, 0.15) is 22.3 Å². The Bertz CT molecular complexity index is 785. The highest BCUT2D eigenvalue weighted by molar-refractivity contribution is 5.90. The van der Waals surface area contributed by atoms with E-state index in [4.69, 9.17) is 0 Å². The number of pyridine rings is 1. The Hall–Kier alpha value is -2.35. The largest absolute Gasteiger partial charge is 0.379 e. The molecule has 0 saturated heterocycles. The van der Waals surface area contributed by atoms with Gasteiger partial charge in [-0.2, -0.15) is 0 Å². The lowest BCUT2D eigenvalue weighted by atomic mass is 10.0. The van der Waals surface area contributed by atoms with Crippen LogP contribution in [-0.2, 0) is 6.54 Å². The highest BCUT2D eigenvalue weighted by atomic mass is 14.9. The molecule has 0 aliphatic heterocycles. The summed E-state index contributed by atoms with van der Waals surface area (Å²) in [4.78, 5) is 4.49. The Morgan fingerprint density at radius 3 is 2.52 bits per heavy atom. The molecular formula is C19H20N2. The highest BCUT2D eigenvalue weighted by Gasteiger charge is 2.04. The van der Waals surface area contributed by atoms with Gasteiger partial charge in [-0.3, -0.25) is 4.98 Å². The molecule has 0 bridgehead atoms. The topological polar surface area (TPSA) is 24.9 Å². The third-order valence-corrected chi connectivity index (χ3v) is 4.05. The molecule has 0 unspecified atom stereocenters. The minimum Gasteiger partial charge on any atom is -0.379 e. The second-order valence-corrected chi connectivity index (χ2v) is 5.60. The molecule has 0 fully saturated rings. The van der Waals surface area contributed by atoms with Crippen molar-refractivity contribution in [2.24, 2.45) is 0 Å². The Labute approximate surface area is 125 Å². The van der Waals surface area contributed by atoms with E-state index in [2.05, 4.69) is 67.5 Å². The van der Waals surface area contributed by atoms with E-state index >= 15 is 0 Å². The molecule has 2 heteroatoms. The summed E-state index contributed by atoms with van der Waals surface area (Å²) < 4.78 is 0. The molecule has 0 aliphatic carbocycles. The number of anilines is 1. The van der Waals surface area contributed by atoms with Crippen molar-refractivity contribution in [2.75, 3.05) is 5.32 Å². The molecule has 1 heterocycles. The van der Waals surface area contributed by atoms with Crippen LogP contribution in [0.2, 0.25) is 0 Å². The fraction of sp³-hybridized carbons (Fsp3) is 0.211. The molecule has 0 atom stereocenters. The molecule has 0 aliphatic rings. The molecule has 1 N–H and O–H groups in total. The molecule has 2 aromatic carbocycles. The number of aryl methyl sites for hydroxylation is 3. The maximum Gasteiger partial charge on any atom is 0.0933 e. The van der Waals surface area contributed by atoms with Crippen LogP contribution in [0.4, 0.5) is 5.69 Å². The maximum absolute atomic E-state index is 4.49. The zero-order valence-corrected chi connectivity index (χ0v) is 12.8. The van der Waals surface area contributed by atoms with Crippen molar-refractivity contribution < 1.29 is 0 Å². The maximum atomic E-state index is 4.49. The summed E-state index contributed by atoms with van der Waals surface area (Å²) in [5, 5.41) is 4.69. The first-order chi connectivity index (χ1) is 10.1. The fourth-order valence-electron chi connectivity index (χ4n) is 2.65. The van der Waals surface area contributed by atoms with Crippen molar-refractivity contribution in [3.8, 4) is 0 Å². The summed E-state index contributed by atoms with van der Waals surface area (Å²) in [6.45, 7) is 7.32. The summed E-state index contributed by atoms with van der Waals surface area (Å²) >= 11 is 0. The van der Waals surface area contributed by atoms with E-state index in [0.717, 1.165) is 17.7 Å². The third kappa shape index (κ3) is 2.75. The molecule has 0 saturated carbocycles. The number of rotatable bonds is 3. The van der Waals surface area contributed by atoms with E-state index in [0.29, 0.717) is 0 Å². The van der Waals surface area contributed by atoms with Gasteiger partial charge in [0, 0.05) is 18.1 Å². The Balaban J connectivity index is 1.89. The van der Waals surface area contributed by atoms with Crippen molar-refractivity contribution >= 4 is 16.6 Å². The molecule has 0 radical (unpaired) electrons. The summed E-state index contributed by atoms with van der Waals surface area (Å²) in [6, 6.07) is 14.8. The van der Waals surface area contributed by atoms with Gasteiger partial charge in [0.1, 0.15) is 0 Å². The molecule has 1 aromatic heterocycles. The van der Waals surface area contributed by atoms with Crippen LogP contribution < -0.4 is 5.32 Å². The first-order valence-corrected chi connectivity index (χ1v) is 7.29. The first kappa shape index (κ1) is 13.6. The predicted octanol–water partition coefficient (Wildman–Crippen LogP) is 4.77. The minimum absolute atomic E-state index is 0.822. The van der Waals surface area contributed by atoms with Gasteiger partial charge in [0.15, 0.2) is 0 Å². The van der Waals surface area contributed by atoms with Crippen molar-refractivity contribution in [1.82, 2.24) is 4.98 Å². The van der Waals surface area contributed by atoms with E-state index < -0.39 is 0 Å². The summed E-state index contributed by atoms with van der Waals surface area (Å²) in [6.07, 6.45) is 1.84. The van der Waals surface area contributed by atoms with Gasteiger partial charge in [0.2, 0.25) is 0 Å². The van der Waals surface area contributed by atoms with Crippen LogP contribution in [0.3, 0.4) is 0 Å². The number of fused-ring (bicyclic) bond motifs is 1. The Morgan fingerprint density at radius 1 is 0.905 bits per heavy atom. The van der Waals surface area contributed by atoms with Gasteiger partial charge in [-0.25, -0.2) is 0 Å². The standard InChI is InChI=1S/C19H20N2/c1-13-10-15(3)17(11-14(13)2)12-21-18-8-4-6-16-7-5-9-20-19(16)18/h4-11,21H,12H2,1-3H3. The number of nitrogens with zero attached hydrogens (tertiary/aromatic N) is 1. The first-order valence-electron chi connectivity index (χ1n) is 7.29. The number of hydrogen-bond acceptors (Lipinski definition) is 2. The predicted molar refractivity (Wildman–Crippen MR) is 89.7 cm³/mol. The van der Waals surface area contributed by atoms with Crippen LogP contribution in [0, 0.1) is 20.8 Å². The molecule has 3 rings (SSSR count). The molecule has 0 amide bonds. The van der Waals surface area contributed by atoms with Crippen molar-refractivity contribution in [1.29, 1.82) is 0 Å². The van der Waals surface area contributed by atoms with E-state index in [1.54, 1.807) is 0 Å². The Morgan fingerprint density at radius 2 is 1.67 bits per heavy atom. The zero-order valence-electron chi connectivity index (χ0n) is 12.8. The van der Waals surface area contributed by atoms with E-state index in [9.17, 15) is 0 Å². The average molecular weight is 276 g/mol. The van der Waals surface area contributed by atoms with Crippen molar-refractivity contribution in [3.63, 3.8) is 0 Å². The minimum atomic E-state index is 0.822. The molecule has 0 spiro atoms. The second kappa shape index (κ2) is 5.57. The number of hydrogen-bond donors (Lipinski definition) is 1. The Kier molecular flexibility index (Phi) is 3.61. The molecule has 21 heavy (non-hydrogen) atoms. The molecular weight excluding hydrogens is 256 g/mol. The zero-order chi connectivity index (χ0) is 14.8. The van der Waals surface area contributed by atoms with E-state index in [-0.39, 0.29) is 0 Å². The van der Waals surface area contributed by atoms with Gasteiger partial charge >= 0.3 is 0 Å². The average Bonchev–Trinajstić information content (AvgIpc) is 2.49. The van der Waals surface area contributed by atoms with Crippen molar-refractivity contribution in [2.45, 2.75) is 27.3 Å². The number of nitrogens with one attached hydrogen (secondary N) is 1. The number of aromatic nitrogens is 1. The number of para-hydroxylation sites is 1. The quantitative estimate of drug-likeness (QED) is 0.745. The third-order valence-electron chi connectivity index (χ3n) is 4.05. The molecule has 2 nitrogen and oxygen atoms in total. The smallest absolute Gasteiger partial charge is 0.0933 e. The lowest BCUT2D eigenvalue weighted by Crippen LogP contribution is -2.03. The van der Waals surface area contributed by atoms with Gasteiger partial charge in [-0.1, -0.05) is 30.3 Å². The van der Waals surface area contributed by atoms with Crippen molar-refractivity contribution in [3.05, 3.63) is 70.9 Å². The highest BCUT2D eigenvalue weighted by Crippen LogP contribution is 2.22. The van der Waals surface area contributed by atoms with Gasteiger partial charge in [0.05, 0.1) is 11.2 Å². The normalized spacial score (nSPS) is 10.8. The SMILES string of the molecule is Cc1cc(C)c(CNc2cccc3cccnc23)cc1C. The van der Waals surface area contributed by atoms with E-state index in [1.807, 2.05) is 12.3 Å². The van der Waals surface area contributed by atoms with Gasteiger partial charge in [-0.05, 0) is 55.2 Å². The van der Waals surface area contributed by atoms with Crippen LogP contribution in [0.25, 0.3) is 10.9 Å².